The molecule has 3 N–H and O–H groups in total. The predicted molar refractivity (Wildman–Crippen MR) is 73.0 cm³/mol. The zero-order chi connectivity index (χ0) is 13.7. The van der Waals surface area contributed by atoms with Gasteiger partial charge < -0.3 is 15.7 Å². The smallest absolute Gasteiger partial charge is 0.227 e. The van der Waals surface area contributed by atoms with Crippen molar-refractivity contribution in [2.75, 3.05) is 13.2 Å². The lowest BCUT2D eigenvalue weighted by Gasteiger charge is -2.37. The molecule has 0 aliphatic heterocycles. The Labute approximate surface area is 111 Å². The van der Waals surface area contributed by atoms with Crippen LogP contribution < -0.4 is 5.73 Å². The van der Waals surface area contributed by atoms with E-state index in [0.29, 0.717) is 18.9 Å². The second kappa shape index (κ2) is 7.10. The lowest BCUT2D eigenvalue weighted by molar-refractivity contribution is -0.139. The van der Waals surface area contributed by atoms with Gasteiger partial charge >= 0.3 is 0 Å². The summed E-state index contributed by atoms with van der Waals surface area (Å²) in [4.78, 5) is 14.4. The number of carbonyl (C=O) groups excluding carboxylic acids is 1. The largest absolute Gasteiger partial charge is 0.396 e. The average Bonchev–Trinajstić information content (AvgIpc) is 2.32. The highest BCUT2D eigenvalue weighted by Gasteiger charge is 2.34. The maximum Gasteiger partial charge on any atom is 0.227 e. The maximum atomic E-state index is 12.6. The van der Waals surface area contributed by atoms with Crippen LogP contribution in [0.15, 0.2) is 0 Å². The molecule has 0 radical (unpaired) electrons. The molecule has 18 heavy (non-hydrogen) atoms. The third-order valence-electron chi connectivity index (χ3n) is 3.95. The Bertz CT molecular complexity index is 269. The summed E-state index contributed by atoms with van der Waals surface area (Å²) in [6.45, 7) is 6.99. The van der Waals surface area contributed by atoms with Crippen LogP contribution in [0.3, 0.4) is 0 Å². The highest BCUT2D eigenvalue weighted by Crippen LogP contribution is 2.29. The summed E-state index contributed by atoms with van der Waals surface area (Å²) in [7, 11) is 0. The first-order valence-electron chi connectivity index (χ1n) is 7.14. The summed E-state index contributed by atoms with van der Waals surface area (Å²) in [6, 6.07) is 0.178. The van der Waals surface area contributed by atoms with Crippen molar-refractivity contribution >= 4 is 5.91 Å². The fraction of sp³-hybridized carbons (Fsp3) is 0.929. The van der Waals surface area contributed by atoms with Crippen molar-refractivity contribution in [3.63, 3.8) is 0 Å². The van der Waals surface area contributed by atoms with E-state index in [2.05, 4.69) is 6.92 Å². The monoisotopic (exact) mass is 256 g/mol. The first kappa shape index (κ1) is 15.4. The summed E-state index contributed by atoms with van der Waals surface area (Å²) >= 11 is 0. The number of nitrogens with zero attached hydrogens (tertiary/aromatic N) is 1. The normalized spacial score (nSPS) is 28.4. The average molecular weight is 256 g/mol. The fourth-order valence-corrected chi connectivity index (χ4v) is 2.77. The van der Waals surface area contributed by atoms with Crippen LogP contribution in [0.25, 0.3) is 0 Å². The van der Waals surface area contributed by atoms with Gasteiger partial charge in [-0.25, -0.2) is 0 Å². The second-order valence-electron chi connectivity index (χ2n) is 5.89. The molecule has 0 heterocycles. The number of rotatable bonds is 5. The number of hydrogen-bond donors (Lipinski definition) is 2. The molecule has 3 atom stereocenters. The minimum Gasteiger partial charge on any atom is -0.396 e. The molecular weight excluding hydrogens is 228 g/mol. The fourth-order valence-electron chi connectivity index (χ4n) is 2.77. The van der Waals surface area contributed by atoms with E-state index >= 15 is 0 Å². The van der Waals surface area contributed by atoms with Crippen LogP contribution in [0, 0.1) is 11.8 Å². The summed E-state index contributed by atoms with van der Waals surface area (Å²) in [6.07, 6.45) is 3.62. The minimum atomic E-state index is -0.0326. The first-order valence-corrected chi connectivity index (χ1v) is 7.14. The molecule has 0 bridgehead atoms. The molecule has 0 aromatic heterocycles. The Hall–Kier alpha value is -0.610. The van der Waals surface area contributed by atoms with E-state index in [1.54, 1.807) is 0 Å². The number of nitrogens with two attached hydrogens (primary N) is 1. The van der Waals surface area contributed by atoms with Crippen LogP contribution >= 0.6 is 0 Å². The minimum absolute atomic E-state index is 0.00377. The van der Waals surface area contributed by atoms with Crippen molar-refractivity contribution in [2.45, 2.75) is 58.5 Å². The Morgan fingerprint density at radius 2 is 2.11 bits per heavy atom. The molecule has 1 saturated carbocycles. The van der Waals surface area contributed by atoms with Gasteiger partial charge in [0.05, 0.1) is 5.92 Å². The zero-order valence-corrected chi connectivity index (χ0v) is 11.9. The molecule has 4 heteroatoms. The molecule has 1 rings (SSSR count). The van der Waals surface area contributed by atoms with Crippen molar-refractivity contribution in [1.29, 1.82) is 0 Å². The molecule has 0 aromatic carbocycles. The SMILES string of the molecule is CC1CCC(N)C(C(=O)N(CCCO)C(C)C)C1. The van der Waals surface area contributed by atoms with E-state index < -0.39 is 0 Å². The zero-order valence-electron chi connectivity index (χ0n) is 11.9. The van der Waals surface area contributed by atoms with Crippen molar-refractivity contribution in [2.24, 2.45) is 17.6 Å². The van der Waals surface area contributed by atoms with Crippen LogP contribution in [0.5, 0.6) is 0 Å². The van der Waals surface area contributed by atoms with E-state index in [0.717, 1.165) is 19.3 Å². The summed E-state index contributed by atoms with van der Waals surface area (Å²) in [5.41, 5.74) is 6.11. The Morgan fingerprint density at radius 1 is 1.44 bits per heavy atom. The molecule has 3 unspecified atom stereocenters. The van der Waals surface area contributed by atoms with Crippen LogP contribution in [-0.2, 0) is 4.79 Å². The third kappa shape index (κ3) is 3.95. The van der Waals surface area contributed by atoms with Gasteiger partial charge in [0.15, 0.2) is 0 Å². The standard InChI is InChI=1S/C14H28N2O2/c1-10(2)16(7-4-8-17)14(18)12-9-11(3)5-6-13(12)15/h10-13,17H,4-9,15H2,1-3H3. The third-order valence-corrected chi connectivity index (χ3v) is 3.95. The highest BCUT2D eigenvalue weighted by atomic mass is 16.3. The van der Waals surface area contributed by atoms with Gasteiger partial charge in [-0.3, -0.25) is 4.79 Å². The molecule has 1 amide bonds. The lowest BCUT2D eigenvalue weighted by atomic mass is 9.78. The number of aliphatic hydroxyl groups excluding tert-OH is 1. The summed E-state index contributed by atoms with van der Waals surface area (Å²) in [5.74, 6) is 0.734. The maximum absolute atomic E-state index is 12.6. The van der Waals surface area contributed by atoms with Crippen LogP contribution in [-0.4, -0.2) is 41.1 Å². The van der Waals surface area contributed by atoms with Gasteiger partial charge in [-0.1, -0.05) is 6.92 Å². The van der Waals surface area contributed by atoms with E-state index in [1.165, 1.54) is 0 Å². The van der Waals surface area contributed by atoms with Gasteiger partial charge in [0.1, 0.15) is 0 Å². The lowest BCUT2D eigenvalue weighted by Crippen LogP contribution is -2.49. The van der Waals surface area contributed by atoms with Gasteiger partial charge in [0.2, 0.25) is 5.91 Å². The number of aliphatic hydroxyl groups is 1. The second-order valence-corrected chi connectivity index (χ2v) is 5.89. The Kier molecular flexibility index (Phi) is 6.09. The first-order chi connectivity index (χ1) is 8.47. The number of amides is 1. The van der Waals surface area contributed by atoms with Gasteiger partial charge in [-0.15, -0.1) is 0 Å². The molecule has 0 saturated heterocycles. The molecule has 106 valence electrons. The van der Waals surface area contributed by atoms with E-state index in [9.17, 15) is 4.79 Å². The summed E-state index contributed by atoms with van der Waals surface area (Å²) < 4.78 is 0. The Morgan fingerprint density at radius 3 is 2.67 bits per heavy atom. The Balaban J connectivity index is 2.68. The molecule has 0 aromatic rings. The van der Waals surface area contributed by atoms with Gasteiger partial charge in [-0.2, -0.15) is 0 Å². The van der Waals surface area contributed by atoms with E-state index in [1.807, 2.05) is 18.7 Å². The van der Waals surface area contributed by atoms with Crippen molar-refractivity contribution in [3.8, 4) is 0 Å². The summed E-state index contributed by atoms with van der Waals surface area (Å²) in [5, 5.41) is 8.92. The molecular formula is C14H28N2O2. The van der Waals surface area contributed by atoms with E-state index in [-0.39, 0.29) is 30.5 Å². The van der Waals surface area contributed by atoms with Crippen molar-refractivity contribution < 1.29 is 9.90 Å². The molecule has 1 aliphatic rings. The predicted octanol–water partition coefficient (Wildman–Crippen LogP) is 1.37. The topological polar surface area (TPSA) is 66.6 Å². The molecule has 1 fully saturated rings. The quantitative estimate of drug-likeness (QED) is 0.780. The van der Waals surface area contributed by atoms with E-state index in [4.69, 9.17) is 10.8 Å². The van der Waals surface area contributed by atoms with Gasteiger partial charge in [0.25, 0.3) is 0 Å². The van der Waals surface area contributed by atoms with Gasteiger partial charge in [-0.05, 0) is 45.4 Å². The van der Waals surface area contributed by atoms with Crippen LogP contribution in [0.4, 0.5) is 0 Å². The van der Waals surface area contributed by atoms with Crippen molar-refractivity contribution in [3.05, 3.63) is 0 Å². The van der Waals surface area contributed by atoms with Gasteiger partial charge in [0, 0.05) is 25.2 Å². The van der Waals surface area contributed by atoms with Crippen LogP contribution in [0.2, 0.25) is 0 Å². The van der Waals surface area contributed by atoms with Crippen molar-refractivity contribution in [1.82, 2.24) is 4.90 Å². The number of hydrogen-bond acceptors (Lipinski definition) is 3. The molecule has 1 aliphatic carbocycles. The number of carbonyl (C=O) groups is 1. The van der Waals surface area contributed by atoms with Crippen LogP contribution in [0.1, 0.15) is 46.5 Å². The molecule has 4 nitrogen and oxygen atoms in total. The highest BCUT2D eigenvalue weighted by molar-refractivity contribution is 5.80. The molecule has 0 spiro atoms.